The van der Waals surface area contributed by atoms with Gasteiger partial charge >= 0.3 is 0 Å². The smallest absolute Gasteiger partial charge is 0.131 e. The van der Waals surface area contributed by atoms with E-state index in [1.807, 2.05) is 50.5 Å². The Kier molecular flexibility index (Phi) is 11.3. The molecule has 0 aromatic heterocycles. The van der Waals surface area contributed by atoms with Crippen LogP contribution in [-0.4, -0.2) is 73.7 Å². The number of hydrogen-bond donors (Lipinski definition) is 2. The van der Waals surface area contributed by atoms with E-state index < -0.39 is 0 Å². The summed E-state index contributed by atoms with van der Waals surface area (Å²) in [4.78, 5) is 0. The van der Waals surface area contributed by atoms with Gasteiger partial charge in [-0.05, 0) is 11.6 Å². The number of nitrogens with zero attached hydrogens (tertiary/aromatic N) is 2. The molecule has 2 aromatic carbocycles. The first-order valence-electron chi connectivity index (χ1n) is 9.39. The van der Waals surface area contributed by atoms with Crippen LogP contribution in [0.5, 0.6) is 0 Å². The van der Waals surface area contributed by atoms with Crippen LogP contribution in [0.25, 0.3) is 11.1 Å². The molecule has 0 bridgehead atoms. The highest BCUT2D eigenvalue weighted by molar-refractivity contribution is 5.64. The molecule has 7 heteroatoms. The summed E-state index contributed by atoms with van der Waals surface area (Å²) in [5.74, 6) is -0.222. The molecule has 0 saturated carbocycles. The van der Waals surface area contributed by atoms with Gasteiger partial charge in [0.05, 0.1) is 41.4 Å². The fraction of sp³-hybridized carbons (Fsp3) is 0.455. The lowest BCUT2D eigenvalue weighted by molar-refractivity contribution is -0.903. The Labute approximate surface area is 186 Å². The van der Waals surface area contributed by atoms with Crippen LogP contribution in [0, 0.1) is 5.82 Å². The molecule has 0 aliphatic rings. The Morgan fingerprint density at radius 1 is 0.724 bits per heavy atom. The molecule has 2 aromatic rings. The monoisotopic (exact) mass is 446 g/mol. The minimum absolute atomic E-state index is 0. The second-order valence-corrected chi connectivity index (χ2v) is 8.59. The van der Waals surface area contributed by atoms with Crippen molar-refractivity contribution in [3.63, 3.8) is 0 Å². The van der Waals surface area contributed by atoms with Gasteiger partial charge < -0.3 is 44.0 Å². The minimum Gasteiger partial charge on any atom is -1.00 e. The third-order valence-corrected chi connectivity index (χ3v) is 4.93. The average Bonchev–Trinajstić information content (AvgIpc) is 2.55. The third-order valence-electron chi connectivity index (χ3n) is 4.93. The zero-order valence-corrected chi connectivity index (χ0v) is 19.2. The number of quaternary nitrogens is 2. The van der Waals surface area contributed by atoms with Crippen LogP contribution >= 0.6 is 0 Å². The van der Waals surface area contributed by atoms with Gasteiger partial charge in [-0.3, -0.25) is 0 Å². The van der Waals surface area contributed by atoms with Crippen molar-refractivity contribution in [3.05, 3.63) is 59.4 Å². The predicted molar refractivity (Wildman–Crippen MR) is 107 cm³/mol. The topological polar surface area (TPSA) is 40.5 Å². The van der Waals surface area contributed by atoms with Crippen molar-refractivity contribution in [1.82, 2.24) is 0 Å². The Morgan fingerprint density at radius 3 is 1.62 bits per heavy atom. The molecule has 0 aliphatic heterocycles. The summed E-state index contributed by atoms with van der Waals surface area (Å²) in [6.07, 6.45) is 0. The lowest BCUT2D eigenvalue weighted by Crippen LogP contribution is -3.00. The first-order valence-corrected chi connectivity index (χ1v) is 9.39. The molecule has 0 heterocycles. The fourth-order valence-corrected chi connectivity index (χ4v) is 3.37. The molecule has 0 saturated heterocycles. The lowest BCUT2D eigenvalue weighted by Gasteiger charge is -2.29. The second kappa shape index (κ2) is 11.8. The number of halogens is 3. The summed E-state index contributed by atoms with van der Waals surface area (Å²) < 4.78 is 16.0. The summed E-state index contributed by atoms with van der Waals surface area (Å²) in [5, 5.41) is 18.3. The van der Waals surface area contributed by atoms with E-state index in [0.29, 0.717) is 34.2 Å². The van der Waals surface area contributed by atoms with Crippen LogP contribution in [-0.2, 0) is 13.1 Å². The van der Waals surface area contributed by atoms with E-state index in [9.17, 15) is 4.39 Å². The van der Waals surface area contributed by atoms with E-state index in [1.165, 1.54) is 0 Å². The molecule has 29 heavy (non-hydrogen) atoms. The second-order valence-electron chi connectivity index (χ2n) is 8.59. The molecular weight excluding hydrogens is 414 g/mol. The van der Waals surface area contributed by atoms with Gasteiger partial charge in [-0.15, -0.1) is 0 Å². The van der Waals surface area contributed by atoms with Gasteiger partial charge in [0.15, 0.2) is 0 Å². The number of hydrogen-bond acceptors (Lipinski definition) is 2. The van der Waals surface area contributed by atoms with E-state index in [-0.39, 0.29) is 43.8 Å². The van der Waals surface area contributed by atoms with Gasteiger partial charge in [0.25, 0.3) is 0 Å². The standard InChI is InChI=1S/C22H33FN2O2.2ClH/c1-24(2,11-13-26)16-18-5-8-20(9-6-18)21-10-7-19(15-22(21)23)17-25(3,4)12-14-27;;/h5-10,15,26-27H,11-14,16-17H2,1-4H3;2*1H/q+2;;/p-2. The summed E-state index contributed by atoms with van der Waals surface area (Å²) >= 11 is 0. The van der Waals surface area contributed by atoms with Gasteiger partial charge in [-0.1, -0.05) is 36.4 Å². The SMILES string of the molecule is C[N+](C)(CCO)Cc1ccc(-c2ccc(C[N+](C)(C)CCO)cc2F)cc1.[Cl-].[Cl-]. The largest absolute Gasteiger partial charge is 1.00 e. The first-order chi connectivity index (χ1) is 12.7. The van der Waals surface area contributed by atoms with Crippen LogP contribution in [0.2, 0.25) is 0 Å². The highest BCUT2D eigenvalue weighted by Crippen LogP contribution is 2.25. The Morgan fingerprint density at radius 2 is 1.17 bits per heavy atom. The summed E-state index contributed by atoms with van der Waals surface area (Å²) in [7, 11) is 8.22. The molecular formula is C22H33Cl2FN2O2. The molecule has 0 atom stereocenters. The Bertz CT molecular complexity index is 753. The van der Waals surface area contributed by atoms with Crippen molar-refractivity contribution in [2.24, 2.45) is 0 Å². The maximum absolute atomic E-state index is 14.7. The summed E-state index contributed by atoms with van der Waals surface area (Å²) in [5.41, 5.74) is 3.55. The fourth-order valence-electron chi connectivity index (χ4n) is 3.37. The van der Waals surface area contributed by atoms with Crippen molar-refractivity contribution in [1.29, 1.82) is 0 Å². The van der Waals surface area contributed by atoms with E-state index in [0.717, 1.165) is 23.2 Å². The molecule has 2 N–H and O–H groups in total. The highest BCUT2D eigenvalue weighted by atomic mass is 35.5. The number of likely N-dealkylation sites (N-methyl/N-ethyl adjacent to an activating group) is 2. The van der Waals surface area contributed by atoms with E-state index in [2.05, 4.69) is 14.1 Å². The van der Waals surface area contributed by atoms with E-state index in [4.69, 9.17) is 10.2 Å². The summed E-state index contributed by atoms with van der Waals surface area (Å²) in [6.45, 7) is 3.11. The Hall–Kier alpha value is -1.21. The van der Waals surface area contributed by atoms with Crippen molar-refractivity contribution in [2.75, 3.05) is 54.5 Å². The van der Waals surface area contributed by atoms with E-state index >= 15 is 0 Å². The molecule has 0 spiro atoms. The minimum atomic E-state index is -0.222. The molecule has 0 fully saturated rings. The van der Waals surface area contributed by atoms with Crippen LogP contribution in [0.3, 0.4) is 0 Å². The normalized spacial score (nSPS) is 11.6. The van der Waals surface area contributed by atoms with Crippen LogP contribution in [0.15, 0.2) is 42.5 Å². The molecule has 4 nitrogen and oxygen atoms in total. The highest BCUT2D eigenvalue weighted by Gasteiger charge is 2.17. The van der Waals surface area contributed by atoms with Gasteiger partial charge in [-0.25, -0.2) is 4.39 Å². The zero-order valence-electron chi connectivity index (χ0n) is 17.7. The number of rotatable bonds is 9. The van der Waals surface area contributed by atoms with Gasteiger partial charge in [-0.2, -0.15) is 0 Å². The van der Waals surface area contributed by atoms with E-state index in [1.54, 1.807) is 6.07 Å². The van der Waals surface area contributed by atoms with Gasteiger partial charge in [0.1, 0.15) is 32.0 Å². The van der Waals surface area contributed by atoms with Crippen LogP contribution < -0.4 is 24.8 Å². The third kappa shape index (κ3) is 8.59. The van der Waals surface area contributed by atoms with Gasteiger partial charge in [0, 0.05) is 16.7 Å². The first kappa shape index (κ1) is 27.8. The Balaban J connectivity index is 0.00000392. The molecule has 0 aliphatic carbocycles. The zero-order chi connectivity index (χ0) is 20.1. The molecule has 0 unspecified atom stereocenters. The maximum Gasteiger partial charge on any atom is 0.131 e. The van der Waals surface area contributed by atoms with Crippen molar-refractivity contribution < 1.29 is 48.4 Å². The molecule has 0 radical (unpaired) electrons. The van der Waals surface area contributed by atoms with Crippen LogP contribution in [0.1, 0.15) is 11.1 Å². The molecule has 0 amide bonds. The quantitative estimate of drug-likeness (QED) is 0.395. The average molecular weight is 447 g/mol. The number of aliphatic hydroxyl groups is 2. The molecule has 2 rings (SSSR count). The number of aliphatic hydroxyl groups excluding tert-OH is 2. The molecule has 164 valence electrons. The van der Waals surface area contributed by atoms with Crippen LogP contribution in [0.4, 0.5) is 4.39 Å². The van der Waals surface area contributed by atoms with Gasteiger partial charge in [0.2, 0.25) is 0 Å². The lowest BCUT2D eigenvalue weighted by atomic mass is 10.0. The maximum atomic E-state index is 14.7. The van der Waals surface area contributed by atoms with Crippen molar-refractivity contribution in [3.8, 4) is 11.1 Å². The summed E-state index contributed by atoms with van der Waals surface area (Å²) in [6, 6.07) is 13.4. The van der Waals surface area contributed by atoms with Crippen molar-refractivity contribution in [2.45, 2.75) is 13.1 Å². The number of benzene rings is 2. The van der Waals surface area contributed by atoms with Crippen molar-refractivity contribution >= 4 is 0 Å². The predicted octanol–water partition coefficient (Wildman–Crippen LogP) is -3.36.